The van der Waals surface area contributed by atoms with E-state index in [0.717, 1.165) is 11.1 Å². The number of nitrogens with one attached hydrogen (secondary N) is 1. The smallest absolute Gasteiger partial charge is 0.259 e. The predicted molar refractivity (Wildman–Crippen MR) is 106 cm³/mol. The SMILES string of the molecule is Cc1ccc(NC(=O)c2cc(-c3ccccc3F)nc3onc(C)c23)cc1C. The minimum atomic E-state index is -0.425. The highest BCUT2D eigenvalue weighted by atomic mass is 19.1. The Bertz CT molecular complexity index is 1210. The Labute approximate surface area is 161 Å². The third-order valence-electron chi connectivity index (χ3n) is 4.78. The molecule has 4 aromatic rings. The van der Waals surface area contributed by atoms with E-state index in [9.17, 15) is 9.18 Å². The number of pyridine rings is 1. The fourth-order valence-corrected chi connectivity index (χ4v) is 3.10. The normalized spacial score (nSPS) is 11.0. The molecule has 1 N–H and O–H groups in total. The van der Waals surface area contributed by atoms with Gasteiger partial charge in [-0.2, -0.15) is 0 Å². The molecule has 0 bridgehead atoms. The Morgan fingerprint density at radius 2 is 1.82 bits per heavy atom. The second-order valence-corrected chi connectivity index (χ2v) is 6.74. The molecule has 0 unspecified atom stereocenters. The molecule has 0 saturated carbocycles. The summed E-state index contributed by atoms with van der Waals surface area (Å²) < 4.78 is 19.5. The topological polar surface area (TPSA) is 68.0 Å². The molecular weight excluding hydrogens is 357 g/mol. The third-order valence-corrected chi connectivity index (χ3v) is 4.78. The highest BCUT2D eigenvalue weighted by molar-refractivity contribution is 6.13. The standard InChI is InChI=1S/C22H18FN3O2/c1-12-8-9-15(10-13(12)2)24-21(27)17-11-19(16-6-4-5-7-18(16)23)25-22-20(17)14(3)26-28-22/h4-11H,1-3H3,(H,24,27). The van der Waals surface area contributed by atoms with E-state index in [4.69, 9.17) is 4.52 Å². The van der Waals surface area contributed by atoms with Gasteiger partial charge in [-0.25, -0.2) is 9.37 Å². The van der Waals surface area contributed by atoms with Crippen LogP contribution in [0.4, 0.5) is 10.1 Å². The van der Waals surface area contributed by atoms with Crippen molar-refractivity contribution in [2.45, 2.75) is 20.8 Å². The first-order valence-corrected chi connectivity index (χ1v) is 8.84. The number of amides is 1. The quantitative estimate of drug-likeness (QED) is 0.534. The lowest BCUT2D eigenvalue weighted by Crippen LogP contribution is -2.13. The van der Waals surface area contributed by atoms with Crippen molar-refractivity contribution in [2.24, 2.45) is 0 Å². The molecule has 0 saturated heterocycles. The van der Waals surface area contributed by atoms with Crippen LogP contribution in [0.2, 0.25) is 0 Å². The van der Waals surface area contributed by atoms with Gasteiger partial charge in [0, 0.05) is 11.3 Å². The molecule has 2 aromatic carbocycles. The zero-order valence-corrected chi connectivity index (χ0v) is 15.7. The van der Waals surface area contributed by atoms with Crippen LogP contribution >= 0.6 is 0 Å². The Balaban J connectivity index is 1.82. The van der Waals surface area contributed by atoms with Crippen LogP contribution in [0.15, 0.2) is 53.1 Å². The van der Waals surface area contributed by atoms with E-state index < -0.39 is 5.82 Å². The third kappa shape index (κ3) is 3.13. The number of halogens is 1. The summed E-state index contributed by atoms with van der Waals surface area (Å²) in [5.41, 5.74) is 4.58. The molecule has 0 aliphatic heterocycles. The van der Waals surface area contributed by atoms with E-state index in [1.54, 1.807) is 31.2 Å². The van der Waals surface area contributed by atoms with Gasteiger partial charge >= 0.3 is 0 Å². The molecule has 0 aliphatic rings. The minimum Gasteiger partial charge on any atom is -0.335 e. The number of aromatic nitrogens is 2. The van der Waals surface area contributed by atoms with Crippen LogP contribution in [0.1, 0.15) is 27.2 Å². The van der Waals surface area contributed by atoms with E-state index in [-0.39, 0.29) is 11.6 Å². The molecule has 28 heavy (non-hydrogen) atoms. The number of hydrogen-bond donors (Lipinski definition) is 1. The first-order valence-electron chi connectivity index (χ1n) is 8.84. The first-order chi connectivity index (χ1) is 13.4. The molecule has 140 valence electrons. The Morgan fingerprint density at radius 3 is 2.57 bits per heavy atom. The van der Waals surface area contributed by atoms with Gasteiger partial charge in [-0.3, -0.25) is 4.79 Å². The number of carbonyl (C=O) groups excluding carboxylic acids is 1. The average Bonchev–Trinajstić information content (AvgIpc) is 3.05. The molecular formula is C22H18FN3O2. The second-order valence-electron chi connectivity index (χ2n) is 6.74. The van der Waals surface area contributed by atoms with E-state index in [1.165, 1.54) is 6.07 Å². The molecule has 2 aromatic heterocycles. The van der Waals surface area contributed by atoms with Crippen LogP contribution in [0.3, 0.4) is 0 Å². The number of hydrogen-bond acceptors (Lipinski definition) is 4. The van der Waals surface area contributed by atoms with Crippen molar-refractivity contribution in [3.63, 3.8) is 0 Å². The number of benzene rings is 2. The van der Waals surface area contributed by atoms with Gasteiger partial charge in [0.15, 0.2) is 0 Å². The average molecular weight is 375 g/mol. The van der Waals surface area contributed by atoms with Crippen molar-refractivity contribution in [3.05, 3.63) is 76.7 Å². The first kappa shape index (κ1) is 17.9. The van der Waals surface area contributed by atoms with Crippen LogP contribution in [-0.2, 0) is 0 Å². The summed E-state index contributed by atoms with van der Waals surface area (Å²) in [5, 5.41) is 7.33. The van der Waals surface area contributed by atoms with Gasteiger partial charge in [0.2, 0.25) is 0 Å². The summed E-state index contributed by atoms with van der Waals surface area (Å²) in [6.45, 7) is 5.73. The molecule has 0 fully saturated rings. The lowest BCUT2D eigenvalue weighted by atomic mass is 10.0. The number of anilines is 1. The maximum absolute atomic E-state index is 14.3. The van der Waals surface area contributed by atoms with Crippen molar-refractivity contribution in [2.75, 3.05) is 5.32 Å². The summed E-state index contributed by atoms with van der Waals surface area (Å²) in [5.74, 6) is -0.759. The molecule has 0 aliphatic carbocycles. The van der Waals surface area contributed by atoms with Crippen LogP contribution in [0.25, 0.3) is 22.4 Å². The van der Waals surface area contributed by atoms with E-state index >= 15 is 0 Å². The summed E-state index contributed by atoms with van der Waals surface area (Å²) >= 11 is 0. The highest BCUT2D eigenvalue weighted by Crippen LogP contribution is 2.29. The van der Waals surface area contributed by atoms with Crippen LogP contribution < -0.4 is 5.32 Å². The van der Waals surface area contributed by atoms with Crippen LogP contribution in [-0.4, -0.2) is 16.0 Å². The molecule has 4 rings (SSSR count). The summed E-state index contributed by atoms with van der Waals surface area (Å²) in [7, 11) is 0. The van der Waals surface area contributed by atoms with Gasteiger partial charge in [-0.1, -0.05) is 23.4 Å². The lowest BCUT2D eigenvalue weighted by molar-refractivity contribution is 0.102. The van der Waals surface area contributed by atoms with Gasteiger partial charge in [0.05, 0.1) is 22.3 Å². The van der Waals surface area contributed by atoms with Crippen molar-refractivity contribution < 1.29 is 13.7 Å². The van der Waals surface area contributed by atoms with Gasteiger partial charge in [0.1, 0.15) is 5.82 Å². The Morgan fingerprint density at radius 1 is 1.04 bits per heavy atom. The summed E-state index contributed by atoms with van der Waals surface area (Å²) in [6.07, 6.45) is 0. The predicted octanol–water partition coefficient (Wildman–Crippen LogP) is 5.21. The summed E-state index contributed by atoms with van der Waals surface area (Å²) in [4.78, 5) is 17.4. The van der Waals surface area contributed by atoms with Crippen molar-refractivity contribution in [1.82, 2.24) is 10.1 Å². The summed E-state index contributed by atoms with van der Waals surface area (Å²) in [6, 6.07) is 13.5. The monoisotopic (exact) mass is 375 g/mol. The lowest BCUT2D eigenvalue weighted by Gasteiger charge is -2.10. The van der Waals surface area contributed by atoms with Gasteiger partial charge in [-0.15, -0.1) is 0 Å². The maximum Gasteiger partial charge on any atom is 0.259 e. The fraction of sp³-hybridized carbons (Fsp3) is 0.136. The maximum atomic E-state index is 14.3. The molecule has 0 radical (unpaired) electrons. The zero-order chi connectivity index (χ0) is 19.8. The number of carbonyl (C=O) groups is 1. The minimum absolute atomic E-state index is 0.198. The number of nitrogens with zero attached hydrogens (tertiary/aromatic N) is 2. The largest absolute Gasteiger partial charge is 0.335 e. The molecule has 0 spiro atoms. The molecule has 5 nitrogen and oxygen atoms in total. The number of aryl methyl sites for hydroxylation is 3. The van der Waals surface area contributed by atoms with Gasteiger partial charge in [0.25, 0.3) is 11.6 Å². The molecule has 1 amide bonds. The van der Waals surface area contributed by atoms with E-state index in [0.29, 0.717) is 33.6 Å². The number of rotatable bonds is 3. The van der Waals surface area contributed by atoms with E-state index in [1.807, 2.05) is 32.0 Å². The zero-order valence-electron chi connectivity index (χ0n) is 15.7. The number of fused-ring (bicyclic) bond motifs is 1. The molecule has 6 heteroatoms. The molecule has 2 heterocycles. The van der Waals surface area contributed by atoms with Crippen molar-refractivity contribution >= 4 is 22.7 Å². The second kappa shape index (κ2) is 6.88. The Hall–Kier alpha value is -3.54. The highest BCUT2D eigenvalue weighted by Gasteiger charge is 2.20. The fourth-order valence-electron chi connectivity index (χ4n) is 3.10. The Kier molecular flexibility index (Phi) is 4.39. The van der Waals surface area contributed by atoms with E-state index in [2.05, 4.69) is 15.5 Å². The van der Waals surface area contributed by atoms with Crippen molar-refractivity contribution in [1.29, 1.82) is 0 Å². The molecule has 0 atom stereocenters. The van der Waals surface area contributed by atoms with Crippen LogP contribution in [0.5, 0.6) is 0 Å². The van der Waals surface area contributed by atoms with Crippen molar-refractivity contribution in [3.8, 4) is 11.3 Å². The van der Waals surface area contributed by atoms with Gasteiger partial charge in [-0.05, 0) is 62.2 Å². The van der Waals surface area contributed by atoms with Gasteiger partial charge < -0.3 is 9.84 Å². The van der Waals surface area contributed by atoms with Crippen LogP contribution in [0, 0.1) is 26.6 Å².